The van der Waals surface area contributed by atoms with Crippen molar-refractivity contribution in [1.82, 2.24) is 21.3 Å². The van der Waals surface area contributed by atoms with Crippen molar-refractivity contribution in [3.05, 3.63) is 35.9 Å². The minimum atomic E-state index is -0.970. The summed E-state index contributed by atoms with van der Waals surface area (Å²) < 4.78 is 0. The van der Waals surface area contributed by atoms with Crippen LogP contribution >= 0.6 is 0 Å². The van der Waals surface area contributed by atoms with Crippen molar-refractivity contribution in [2.45, 2.75) is 84.0 Å². The molecular formula is C27H44N7O4. The summed E-state index contributed by atoms with van der Waals surface area (Å²) in [5.41, 5.74) is 12.1. The lowest BCUT2D eigenvalue weighted by atomic mass is 9.98. The van der Waals surface area contributed by atoms with Crippen molar-refractivity contribution in [1.29, 1.82) is 5.41 Å². The van der Waals surface area contributed by atoms with E-state index >= 15 is 0 Å². The third-order valence-electron chi connectivity index (χ3n) is 6.24. The zero-order valence-corrected chi connectivity index (χ0v) is 22.9. The van der Waals surface area contributed by atoms with E-state index in [1.807, 2.05) is 64.3 Å². The predicted molar refractivity (Wildman–Crippen MR) is 148 cm³/mol. The van der Waals surface area contributed by atoms with Crippen LogP contribution in [0.1, 0.15) is 58.9 Å². The molecular weight excluding hydrogens is 486 g/mol. The number of benzene rings is 1. The molecule has 0 aliphatic carbocycles. The van der Waals surface area contributed by atoms with Crippen LogP contribution in [0.15, 0.2) is 30.3 Å². The molecule has 3 amide bonds. The van der Waals surface area contributed by atoms with Crippen LogP contribution in [0.4, 0.5) is 0 Å². The van der Waals surface area contributed by atoms with Gasteiger partial charge < -0.3 is 32.7 Å². The van der Waals surface area contributed by atoms with E-state index in [-0.39, 0.29) is 24.2 Å². The summed E-state index contributed by atoms with van der Waals surface area (Å²) in [4.78, 5) is 50.8. The van der Waals surface area contributed by atoms with Gasteiger partial charge in [0, 0.05) is 13.0 Å². The summed E-state index contributed by atoms with van der Waals surface area (Å²) in [6.45, 7) is 8.00. The fraction of sp³-hybridized carbons (Fsp3) is 0.593. The lowest BCUT2D eigenvalue weighted by molar-refractivity contribution is -0.133. The highest BCUT2D eigenvalue weighted by atomic mass is 16.2. The van der Waals surface area contributed by atoms with Crippen molar-refractivity contribution in [3.8, 4) is 0 Å². The van der Waals surface area contributed by atoms with Gasteiger partial charge in [-0.3, -0.25) is 24.6 Å². The van der Waals surface area contributed by atoms with Gasteiger partial charge in [0.15, 0.2) is 5.96 Å². The molecule has 211 valence electrons. The molecule has 0 aliphatic heterocycles. The molecule has 0 bridgehead atoms. The van der Waals surface area contributed by atoms with Crippen LogP contribution < -0.4 is 32.7 Å². The number of amides is 3. The van der Waals surface area contributed by atoms with Crippen LogP contribution in [-0.2, 0) is 25.6 Å². The number of nitrogens with two attached hydrogens (primary N) is 2. The van der Waals surface area contributed by atoms with E-state index in [0.29, 0.717) is 32.2 Å². The van der Waals surface area contributed by atoms with Crippen LogP contribution in [0.5, 0.6) is 0 Å². The standard InChI is InChI=1S/C27H44N7O4/c1-5-18(4)23(16-35)34-26(38)22(15-19-10-7-6-8-11-19)33-25(37)21(14-17(2)3)32-24(36)20(28)12-9-13-31-27(29)30/h6-8,10-11,17-18,20-23H,5,9,12-15,28H2,1-4H3,(H,32,36)(H,33,37)(H,34,38)(H4,29,30,31)/t18-,20-,21-,22-,23+/m0/s1. The number of hydrogen-bond acceptors (Lipinski definition) is 6. The van der Waals surface area contributed by atoms with Gasteiger partial charge in [0.25, 0.3) is 0 Å². The highest BCUT2D eigenvalue weighted by Crippen LogP contribution is 2.10. The molecule has 0 saturated heterocycles. The molecule has 0 aliphatic rings. The molecule has 0 fully saturated rings. The van der Waals surface area contributed by atoms with E-state index < -0.39 is 41.9 Å². The van der Waals surface area contributed by atoms with Gasteiger partial charge in [-0.25, -0.2) is 0 Å². The molecule has 1 rings (SSSR count). The van der Waals surface area contributed by atoms with Crippen LogP contribution in [0.3, 0.4) is 0 Å². The topological polar surface area (TPSA) is 192 Å². The number of nitrogens with one attached hydrogen (secondary N) is 5. The van der Waals surface area contributed by atoms with E-state index in [0.717, 1.165) is 5.56 Å². The maximum absolute atomic E-state index is 13.4. The second-order valence-corrected chi connectivity index (χ2v) is 10.0. The van der Waals surface area contributed by atoms with E-state index in [1.54, 1.807) is 0 Å². The number of guanidine groups is 1. The van der Waals surface area contributed by atoms with Crippen LogP contribution in [0.25, 0.3) is 0 Å². The molecule has 11 nitrogen and oxygen atoms in total. The summed E-state index contributed by atoms with van der Waals surface area (Å²) in [5.74, 6) is -1.70. The van der Waals surface area contributed by atoms with Gasteiger partial charge in [0.1, 0.15) is 12.1 Å². The lowest BCUT2D eigenvalue weighted by Crippen LogP contribution is -2.57. The van der Waals surface area contributed by atoms with Gasteiger partial charge in [-0.2, -0.15) is 0 Å². The first-order valence-electron chi connectivity index (χ1n) is 13.1. The van der Waals surface area contributed by atoms with Crippen molar-refractivity contribution in [2.75, 3.05) is 6.54 Å². The van der Waals surface area contributed by atoms with Gasteiger partial charge >= 0.3 is 0 Å². The molecule has 0 spiro atoms. The Morgan fingerprint density at radius 3 is 2.13 bits per heavy atom. The van der Waals surface area contributed by atoms with Crippen LogP contribution in [0, 0.1) is 17.2 Å². The molecule has 9 N–H and O–H groups in total. The quantitative estimate of drug-likeness (QED) is 0.0864. The lowest BCUT2D eigenvalue weighted by Gasteiger charge is -2.27. The average Bonchev–Trinajstić information content (AvgIpc) is 2.88. The Labute approximate surface area is 225 Å². The third kappa shape index (κ3) is 12.2. The maximum atomic E-state index is 13.4. The Balaban J connectivity index is 3.00. The summed E-state index contributed by atoms with van der Waals surface area (Å²) in [5, 5.41) is 18.0. The maximum Gasteiger partial charge on any atom is 0.243 e. The minimum absolute atomic E-state index is 0.0721. The monoisotopic (exact) mass is 530 g/mol. The molecule has 11 heteroatoms. The van der Waals surface area contributed by atoms with E-state index in [4.69, 9.17) is 16.9 Å². The number of hydrogen-bond donors (Lipinski definition) is 7. The first-order chi connectivity index (χ1) is 18.0. The second kappa shape index (κ2) is 17.1. The SMILES string of the molecule is CC[C@H](C)[C@@H]([C]=O)NC(=O)[C@H](Cc1ccccc1)NC(=O)[C@H](CC(C)C)NC(=O)[C@@H](N)CCCNC(=N)N. The molecule has 1 radical (unpaired) electrons. The molecule has 0 heterocycles. The molecule has 38 heavy (non-hydrogen) atoms. The van der Waals surface area contributed by atoms with E-state index in [1.165, 1.54) is 0 Å². The Bertz CT molecular complexity index is 910. The molecule has 0 saturated carbocycles. The normalized spacial score (nSPS) is 14.9. The molecule has 1 aromatic rings. The molecule has 1 aromatic carbocycles. The number of carbonyl (C=O) groups excluding carboxylic acids is 4. The summed E-state index contributed by atoms with van der Waals surface area (Å²) in [7, 11) is 0. The third-order valence-corrected chi connectivity index (χ3v) is 6.24. The smallest absolute Gasteiger partial charge is 0.243 e. The fourth-order valence-corrected chi connectivity index (χ4v) is 3.77. The van der Waals surface area contributed by atoms with Crippen LogP contribution in [0.2, 0.25) is 0 Å². The molecule has 0 aromatic heterocycles. The Kier molecular flexibility index (Phi) is 14.7. The summed E-state index contributed by atoms with van der Waals surface area (Å²) >= 11 is 0. The van der Waals surface area contributed by atoms with Crippen molar-refractivity contribution in [2.24, 2.45) is 23.3 Å². The van der Waals surface area contributed by atoms with Crippen molar-refractivity contribution >= 4 is 30.0 Å². The predicted octanol–water partition coefficient (Wildman–Crippen LogP) is 0.476. The van der Waals surface area contributed by atoms with E-state index in [2.05, 4.69) is 21.3 Å². The van der Waals surface area contributed by atoms with Crippen molar-refractivity contribution in [3.63, 3.8) is 0 Å². The average molecular weight is 531 g/mol. The Morgan fingerprint density at radius 1 is 0.974 bits per heavy atom. The second-order valence-electron chi connectivity index (χ2n) is 10.0. The number of rotatable bonds is 17. The van der Waals surface area contributed by atoms with Crippen LogP contribution in [-0.4, -0.2) is 60.7 Å². The Hall–Kier alpha value is -3.47. The largest absolute Gasteiger partial charge is 0.370 e. The Morgan fingerprint density at radius 2 is 1.58 bits per heavy atom. The first-order valence-corrected chi connectivity index (χ1v) is 13.1. The number of carbonyl (C=O) groups is 3. The molecule has 0 unspecified atom stereocenters. The first kappa shape index (κ1) is 32.6. The highest BCUT2D eigenvalue weighted by molar-refractivity contribution is 5.93. The summed E-state index contributed by atoms with van der Waals surface area (Å²) in [6, 6.07) is 5.69. The van der Waals surface area contributed by atoms with Gasteiger partial charge in [-0.15, -0.1) is 0 Å². The van der Waals surface area contributed by atoms with Gasteiger partial charge in [-0.1, -0.05) is 64.4 Å². The zero-order valence-electron chi connectivity index (χ0n) is 22.9. The van der Waals surface area contributed by atoms with Gasteiger partial charge in [0.05, 0.1) is 12.1 Å². The van der Waals surface area contributed by atoms with Gasteiger partial charge in [-0.05, 0) is 36.7 Å². The van der Waals surface area contributed by atoms with Crippen molar-refractivity contribution < 1.29 is 19.2 Å². The summed E-state index contributed by atoms with van der Waals surface area (Å²) in [6.07, 6.45) is 3.94. The highest BCUT2D eigenvalue weighted by Gasteiger charge is 2.30. The van der Waals surface area contributed by atoms with Gasteiger partial charge in [0.2, 0.25) is 24.0 Å². The fourth-order valence-electron chi connectivity index (χ4n) is 3.77. The minimum Gasteiger partial charge on any atom is -0.370 e. The molecule has 5 atom stereocenters. The van der Waals surface area contributed by atoms with E-state index in [9.17, 15) is 19.2 Å². The zero-order chi connectivity index (χ0) is 28.7.